The van der Waals surface area contributed by atoms with Crippen LogP contribution < -0.4 is 10.9 Å². The van der Waals surface area contributed by atoms with Crippen LogP contribution in [-0.2, 0) is 9.53 Å². The topological polar surface area (TPSA) is 72.4 Å². The number of aromatic nitrogens is 1. The van der Waals surface area contributed by atoms with Crippen LogP contribution in [0.5, 0.6) is 0 Å². The summed E-state index contributed by atoms with van der Waals surface area (Å²) in [5.74, 6) is -0.771. The maximum absolute atomic E-state index is 12.2. The summed E-state index contributed by atoms with van der Waals surface area (Å²) >= 11 is 0. The van der Waals surface area contributed by atoms with Crippen molar-refractivity contribution < 1.29 is 14.3 Å². The first-order valence-corrected chi connectivity index (χ1v) is 6.87. The molecule has 2 aromatic rings. The molecule has 2 amide bonds. The fourth-order valence-electron chi connectivity index (χ4n) is 2.33. The molecule has 1 aromatic carbocycles. The smallest absolute Gasteiger partial charge is 0.271 e. The zero-order valence-electron chi connectivity index (χ0n) is 12.8. The van der Waals surface area contributed by atoms with Crippen LogP contribution in [-0.4, -0.2) is 30.1 Å². The second-order valence-electron chi connectivity index (χ2n) is 4.89. The van der Waals surface area contributed by atoms with Crippen molar-refractivity contribution in [3.63, 3.8) is 0 Å². The fourth-order valence-corrected chi connectivity index (χ4v) is 2.33. The molecular formula is C16H19N3O3. The number of ether oxygens (including phenoxy) is 1. The van der Waals surface area contributed by atoms with Crippen molar-refractivity contribution in [2.24, 2.45) is 0 Å². The van der Waals surface area contributed by atoms with Gasteiger partial charge < -0.3 is 9.30 Å². The second-order valence-corrected chi connectivity index (χ2v) is 4.89. The zero-order chi connectivity index (χ0) is 16.1. The van der Waals surface area contributed by atoms with Gasteiger partial charge >= 0.3 is 0 Å². The highest BCUT2D eigenvalue weighted by atomic mass is 16.5. The second kappa shape index (κ2) is 6.91. The SMILES string of the molecule is COCC(=O)NNC(=O)c1cc(C)n(-c2ccccc2)c1C. The Morgan fingerprint density at radius 3 is 2.45 bits per heavy atom. The number of aryl methyl sites for hydroxylation is 1. The molecule has 0 aliphatic heterocycles. The third-order valence-electron chi connectivity index (χ3n) is 3.28. The Kier molecular flexibility index (Phi) is 4.95. The van der Waals surface area contributed by atoms with Crippen LogP contribution in [0.3, 0.4) is 0 Å². The summed E-state index contributed by atoms with van der Waals surface area (Å²) in [5.41, 5.74) is 7.94. The molecule has 2 rings (SSSR count). The highest BCUT2D eigenvalue weighted by Crippen LogP contribution is 2.20. The van der Waals surface area contributed by atoms with Crippen LogP contribution in [0.2, 0.25) is 0 Å². The van der Waals surface area contributed by atoms with Crippen LogP contribution in [0.4, 0.5) is 0 Å². The zero-order valence-corrected chi connectivity index (χ0v) is 12.8. The standard InChI is InChI=1S/C16H19N3O3/c1-11-9-14(16(21)18-17-15(20)10-22-3)12(2)19(11)13-7-5-4-6-8-13/h4-9H,10H2,1-3H3,(H,17,20)(H,18,21). The van der Waals surface area contributed by atoms with E-state index in [1.54, 1.807) is 6.07 Å². The molecule has 6 nitrogen and oxygen atoms in total. The lowest BCUT2D eigenvalue weighted by Crippen LogP contribution is -2.43. The molecule has 0 aliphatic rings. The Morgan fingerprint density at radius 1 is 1.14 bits per heavy atom. The molecule has 22 heavy (non-hydrogen) atoms. The quantitative estimate of drug-likeness (QED) is 0.841. The number of carbonyl (C=O) groups excluding carboxylic acids is 2. The third kappa shape index (κ3) is 3.35. The molecule has 0 radical (unpaired) electrons. The van der Waals surface area contributed by atoms with E-state index < -0.39 is 5.91 Å². The van der Waals surface area contributed by atoms with Gasteiger partial charge in [-0.15, -0.1) is 0 Å². The van der Waals surface area contributed by atoms with Gasteiger partial charge in [-0.3, -0.25) is 20.4 Å². The molecule has 2 N–H and O–H groups in total. The van der Waals surface area contributed by atoms with Crippen molar-refractivity contribution in [2.75, 3.05) is 13.7 Å². The number of benzene rings is 1. The van der Waals surface area contributed by atoms with E-state index in [1.165, 1.54) is 7.11 Å². The van der Waals surface area contributed by atoms with Gasteiger partial charge in [0.2, 0.25) is 0 Å². The van der Waals surface area contributed by atoms with Gasteiger partial charge in [-0.2, -0.15) is 0 Å². The van der Waals surface area contributed by atoms with Gasteiger partial charge in [-0.1, -0.05) is 18.2 Å². The van der Waals surface area contributed by atoms with E-state index >= 15 is 0 Å². The number of hydrogen-bond donors (Lipinski definition) is 2. The van der Waals surface area contributed by atoms with Gasteiger partial charge in [0.25, 0.3) is 11.8 Å². The Bertz CT molecular complexity index is 677. The minimum atomic E-state index is -0.410. The normalized spacial score (nSPS) is 10.3. The average molecular weight is 301 g/mol. The Hall–Kier alpha value is -2.60. The molecule has 0 unspecified atom stereocenters. The van der Waals surface area contributed by atoms with Crippen molar-refractivity contribution in [3.05, 3.63) is 53.3 Å². The van der Waals surface area contributed by atoms with Gasteiger partial charge in [0.05, 0.1) is 5.56 Å². The number of nitrogens with zero attached hydrogens (tertiary/aromatic N) is 1. The summed E-state index contributed by atoms with van der Waals surface area (Å²) < 4.78 is 6.67. The summed E-state index contributed by atoms with van der Waals surface area (Å²) in [6.07, 6.45) is 0. The number of methoxy groups -OCH3 is 1. The van der Waals surface area contributed by atoms with E-state index in [2.05, 4.69) is 15.6 Å². The summed E-state index contributed by atoms with van der Waals surface area (Å²) in [5, 5.41) is 0. The molecule has 0 atom stereocenters. The van der Waals surface area contributed by atoms with E-state index in [1.807, 2.05) is 48.7 Å². The van der Waals surface area contributed by atoms with Crippen molar-refractivity contribution in [3.8, 4) is 5.69 Å². The lowest BCUT2D eigenvalue weighted by molar-refractivity contribution is -0.125. The van der Waals surface area contributed by atoms with E-state index in [4.69, 9.17) is 0 Å². The Balaban J connectivity index is 2.20. The summed E-state index contributed by atoms with van der Waals surface area (Å²) in [7, 11) is 1.41. The van der Waals surface area contributed by atoms with Crippen LogP contribution in [0.1, 0.15) is 21.7 Å². The van der Waals surface area contributed by atoms with E-state index in [0.717, 1.165) is 17.1 Å². The molecule has 0 saturated carbocycles. The molecule has 0 fully saturated rings. The lowest BCUT2D eigenvalue weighted by atomic mass is 10.2. The third-order valence-corrected chi connectivity index (χ3v) is 3.28. The Morgan fingerprint density at radius 2 is 1.82 bits per heavy atom. The molecule has 1 heterocycles. The molecule has 116 valence electrons. The van der Waals surface area contributed by atoms with Crippen LogP contribution in [0.25, 0.3) is 5.69 Å². The first-order chi connectivity index (χ1) is 10.5. The van der Waals surface area contributed by atoms with Crippen LogP contribution in [0, 0.1) is 13.8 Å². The maximum Gasteiger partial charge on any atom is 0.271 e. The van der Waals surface area contributed by atoms with Gasteiger partial charge in [0.15, 0.2) is 0 Å². The lowest BCUT2D eigenvalue weighted by Gasteiger charge is -2.10. The number of amides is 2. The summed E-state index contributed by atoms with van der Waals surface area (Å²) in [4.78, 5) is 23.5. The molecule has 0 spiro atoms. The van der Waals surface area contributed by atoms with Crippen molar-refractivity contribution in [1.29, 1.82) is 0 Å². The van der Waals surface area contributed by atoms with E-state index in [9.17, 15) is 9.59 Å². The van der Waals surface area contributed by atoms with Gasteiger partial charge in [0.1, 0.15) is 6.61 Å². The number of rotatable bonds is 4. The maximum atomic E-state index is 12.2. The highest BCUT2D eigenvalue weighted by molar-refractivity contribution is 5.97. The Labute approximate surface area is 129 Å². The van der Waals surface area contributed by atoms with Crippen molar-refractivity contribution in [2.45, 2.75) is 13.8 Å². The number of nitrogens with one attached hydrogen (secondary N) is 2. The number of para-hydroxylation sites is 1. The van der Waals surface area contributed by atoms with E-state index in [0.29, 0.717) is 5.56 Å². The predicted octanol–water partition coefficient (Wildman–Crippen LogP) is 1.50. The predicted molar refractivity (Wildman–Crippen MR) is 82.7 cm³/mol. The molecule has 0 aliphatic carbocycles. The minimum absolute atomic E-state index is 0.108. The highest BCUT2D eigenvalue weighted by Gasteiger charge is 2.16. The van der Waals surface area contributed by atoms with Gasteiger partial charge in [-0.05, 0) is 32.0 Å². The minimum Gasteiger partial charge on any atom is -0.375 e. The molecule has 1 aromatic heterocycles. The first kappa shape index (κ1) is 15.8. The number of carbonyl (C=O) groups is 2. The van der Waals surface area contributed by atoms with Crippen molar-refractivity contribution in [1.82, 2.24) is 15.4 Å². The van der Waals surface area contributed by atoms with Gasteiger partial charge in [0, 0.05) is 24.2 Å². The average Bonchev–Trinajstić information content (AvgIpc) is 2.81. The number of hydrazine groups is 1. The monoisotopic (exact) mass is 301 g/mol. The van der Waals surface area contributed by atoms with E-state index in [-0.39, 0.29) is 12.5 Å². The van der Waals surface area contributed by atoms with Crippen LogP contribution >= 0.6 is 0 Å². The van der Waals surface area contributed by atoms with Crippen molar-refractivity contribution >= 4 is 11.8 Å². The molecule has 6 heteroatoms. The largest absolute Gasteiger partial charge is 0.375 e. The summed E-state index contributed by atoms with van der Waals surface area (Å²) in [6, 6.07) is 11.6. The van der Waals surface area contributed by atoms with Gasteiger partial charge in [-0.25, -0.2) is 0 Å². The molecule has 0 saturated heterocycles. The van der Waals surface area contributed by atoms with Crippen LogP contribution in [0.15, 0.2) is 36.4 Å². The fraction of sp³-hybridized carbons (Fsp3) is 0.250. The first-order valence-electron chi connectivity index (χ1n) is 6.87. The number of hydrogen-bond acceptors (Lipinski definition) is 3. The molecular weight excluding hydrogens is 282 g/mol. The molecule has 0 bridgehead atoms. The summed E-state index contributed by atoms with van der Waals surface area (Å²) in [6.45, 7) is 3.69.